The highest BCUT2D eigenvalue weighted by molar-refractivity contribution is 6.06. The molecule has 0 N–H and O–H groups in total. The minimum Gasteiger partial charge on any atom is -0.494 e. The number of carbonyl (C=O) groups is 2. The number of ether oxygens (including phenoxy) is 2. The van der Waals surface area contributed by atoms with Crippen molar-refractivity contribution in [2.45, 2.75) is 26.2 Å². The first-order chi connectivity index (χ1) is 11.7. The molecule has 0 bridgehead atoms. The van der Waals surface area contributed by atoms with E-state index in [1.54, 1.807) is 25.1 Å². The molecule has 0 aliphatic carbocycles. The van der Waals surface area contributed by atoms with Gasteiger partial charge in [0.05, 0.1) is 13.2 Å². The predicted octanol–water partition coefficient (Wildman–Crippen LogP) is 3.83. The van der Waals surface area contributed by atoms with Crippen molar-refractivity contribution in [1.82, 2.24) is 0 Å². The summed E-state index contributed by atoms with van der Waals surface area (Å²) in [5.74, 6) is -0.127. The third-order valence-electron chi connectivity index (χ3n) is 3.49. The van der Waals surface area contributed by atoms with Gasteiger partial charge in [-0.25, -0.2) is 0 Å². The number of ketones is 1. The summed E-state index contributed by atoms with van der Waals surface area (Å²) >= 11 is 0. The first-order valence-electron chi connectivity index (χ1n) is 8.14. The molecule has 0 saturated carbocycles. The molecule has 0 aromatic heterocycles. The summed E-state index contributed by atoms with van der Waals surface area (Å²) in [7, 11) is 0. The van der Waals surface area contributed by atoms with Gasteiger partial charge in [0, 0.05) is 5.56 Å². The van der Waals surface area contributed by atoms with E-state index < -0.39 is 5.97 Å². The summed E-state index contributed by atoms with van der Waals surface area (Å²) in [6.45, 7) is 2.56. The van der Waals surface area contributed by atoms with E-state index in [2.05, 4.69) is 12.1 Å². The van der Waals surface area contributed by atoms with Crippen molar-refractivity contribution < 1.29 is 19.1 Å². The van der Waals surface area contributed by atoms with E-state index in [1.165, 1.54) is 5.56 Å². The molecule has 2 aromatic carbocycles. The fourth-order valence-corrected chi connectivity index (χ4v) is 2.32. The number of aryl methyl sites for hydroxylation is 1. The van der Waals surface area contributed by atoms with Crippen LogP contribution in [-0.4, -0.2) is 25.0 Å². The third-order valence-corrected chi connectivity index (χ3v) is 3.49. The predicted molar refractivity (Wildman–Crippen MR) is 92.3 cm³/mol. The minimum atomic E-state index is -0.503. The lowest BCUT2D eigenvalue weighted by Crippen LogP contribution is -2.11. The Morgan fingerprint density at radius 3 is 2.54 bits per heavy atom. The van der Waals surface area contributed by atoms with E-state index in [-0.39, 0.29) is 18.8 Å². The molecule has 0 radical (unpaired) electrons. The number of hydrogen-bond donors (Lipinski definition) is 0. The molecule has 0 aliphatic heterocycles. The van der Waals surface area contributed by atoms with Crippen molar-refractivity contribution in [2.24, 2.45) is 0 Å². The van der Waals surface area contributed by atoms with Crippen LogP contribution in [0, 0.1) is 0 Å². The molecule has 24 heavy (non-hydrogen) atoms. The van der Waals surface area contributed by atoms with Crippen molar-refractivity contribution >= 4 is 11.8 Å². The van der Waals surface area contributed by atoms with Gasteiger partial charge in [-0.3, -0.25) is 9.59 Å². The molecule has 0 amide bonds. The molecular formula is C20H22O4. The molecule has 0 unspecified atom stereocenters. The molecule has 4 nitrogen and oxygen atoms in total. The minimum absolute atomic E-state index is 0.245. The van der Waals surface area contributed by atoms with Crippen LogP contribution in [0.4, 0.5) is 0 Å². The molecule has 0 heterocycles. The maximum Gasteiger partial charge on any atom is 0.313 e. The Hall–Kier alpha value is -2.62. The summed E-state index contributed by atoms with van der Waals surface area (Å²) in [5.41, 5.74) is 1.74. The lowest BCUT2D eigenvalue weighted by molar-refractivity contribution is -0.141. The van der Waals surface area contributed by atoms with Crippen molar-refractivity contribution in [1.29, 1.82) is 0 Å². The van der Waals surface area contributed by atoms with E-state index in [9.17, 15) is 9.59 Å². The smallest absolute Gasteiger partial charge is 0.313 e. The van der Waals surface area contributed by atoms with Gasteiger partial charge in [0.15, 0.2) is 5.78 Å². The molecule has 4 heteroatoms. The van der Waals surface area contributed by atoms with E-state index in [4.69, 9.17) is 9.47 Å². The molecule has 2 aromatic rings. The summed E-state index contributed by atoms with van der Waals surface area (Å²) in [6, 6.07) is 17.1. The Morgan fingerprint density at radius 1 is 1.00 bits per heavy atom. The first kappa shape index (κ1) is 17.7. The maximum atomic E-state index is 12.0. The fraction of sp³-hybridized carbons (Fsp3) is 0.300. The van der Waals surface area contributed by atoms with Gasteiger partial charge >= 0.3 is 5.97 Å². The van der Waals surface area contributed by atoms with Gasteiger partial charge in [-0.2, -0.15) is 0 Å². The highest BCUT2D eigenvalue weighted by Crippen LogP contribution is 2.15. The van der Waals surface area contributed by atoms with Crippen molar-refractivity contribution in [3.05, 3.63) is 65.7 Å². The standard InChI is InChI=1S/C20H22O4/c1-2-23-20(22)15-19(21)17-11-6-12-18(14-17)24-13-7-10-16-8-4-3-5-9-16/h3-6,8-9,11-12,14H,2,7,10,13,15H2,1H3. The van der Waals surface area contributed by atoms with Gasteiger partial charge in [-0.1, -0.05) is 42.5 Å². The molecule has 0 fully saturated rings. The van der Waals surface area contributed by atoms with Gasteiger partial charge in [0.1, 0.15) is 12.2 Å². The van der Waals surface area contributed by atoms with Crippen LogP contribution in [0.25, 0.3) is 0 Å². The Bertz CT molecular complexity index is 664. The molecule has 2 rings (SSSR count). The number of benzene rings is 2. The molecule has 0 spiro atoms. The van der Waals surface area contributed by atoms with E-state index in [0.29, 0.717) is 17.9 Å². The maximum absolute atomic E-state index is 12.0. The summed E-state index contributed by atoms with van der Waals surface area (Å²) < 4.78 is 10.5. The van der Waals surface area contributed by atoms with Crippen LogP contribution in [0.2, 0.25) is 0 Å². The van der Waals surface area contributed by atoms with Gasteiger partial charge in [0.25, 0.3) is 0 Å². The van der Waals surface area contributed by atoms with Crippen LogP contribution in [0.1, 0.15) is 35.7 Å². The second-order valence-corrected chi connectivity index (χ2v) is 5.37. The van der Waals surface area contributed by atoms with Crippen LogP contribution < -0.4 is 4.74 Å². The molecule has 0 aliphatic rings. The second-order valence-electron chi connectivity index (χ2n) is 5.37. The zero-order valence-electron chi connectivity index (χ0n) is 13.9. The first-order valence-corrected chi connectivity index (χ1v) is 8.14. The number of hydrogen-bond acceptors (Lipinski definition) is 4. The second kappa shape index (κ2) is 9.50. The molecule has 126 valence electrons. The zero-order chi connectivity index (χ0) is 17.2. The van der Waals surface area contributed by atoms with Crippen LogP contribution >= 0.6 is 0 Å². The number of esters is 1. The van der Waals surface area contributed by atoms with Crippen molar-refractivity contribution in [3.8, 4) is 5.75 Å². The average molecular weight is 326 g/mol. The summed E-state index contributed by atoms with van der Waals surface area (Å²) in [4.78, 5) is 23.4. The SMILES string of the molecule is CCOC(=O)CC(=O)c1cccc(OCCCc2ccccc2)c1. The highest BCUT2D eigenvalue weighted by atomic mass is 16.5. The third kappa shape index (κ3) is 5.88. The van der Waals surface area contributed by atoms with E-state index in [1.807, 2.05) is 24.3 Å². The Morgan fingerprint density at radius 2 is 1.79 bits per heavy atom. The molecule has 0 atom stereocenters. The number of carbonyl (C=O) groups excluding carboxylic acids is 2. The highest BCUT2D eigenvalue weighted by Gasteiger charge is 2.13. The van der Waals surface area contributed by atoms with Crippen LogP contribution in [0.3, 0.4) is 0 Å². The molecular weight excluding hydrogens is 304 g/mol. The van der Waals surface area contributed by atoms with Gasteiger partial charge in [-0.15, -0.1) is 0 Å². The molecule has 0 saturated heterocycles. The Balaban J connectivity index is 1.81. The van der Waals surface area contributed by atoms with Crippen molar-refractivity contribution in [3.63, 3.8) is 0 Å². The fourth-order valence-electron chi connectivity index (χ4n) is 2.32. The topological polar surface area (TPSA) is 52.6 Å². The van der Waals surface area contributed by atoms with Crippen LogP contribution in [0.15, 0.2) is 54.6 Å². The Kier molecular flexibility index (Phi) is 7.02. The quantitative estimate of drug-likeness (QED) is 0.304. The summed E-state index contributed by atoms with van der Waals surface area (Å²) in [5, 5.41) is 0. The van der Waals surface area contributed by atoms with Gasteiger partial charge in [-0.05, 0) is 37.5 Å². The lowest BCUT2D eigenvalue weighted by atomic mass is 10.1. The number of Topliss-reactive ketones (excluding diaryl/α,β-unsaturated/α-hetero) is 1. The van der Waals surface area contributed by atoms with Crippen molar-refractivity contribution in [2.75, 3.05) is 13.2 Å². The van der Waals surface area contributed by atoms with Gasteiger partial charge < -0.3 is 9.47 Å². The number of rotatable bonds is 9. The van der Waals surface area contributed by atoms with E-state index in [0.717, 1.165) is 12.8 Å². The van der Waals surface area contributed by atoms with Gasteiger partial charge in [0.2, 0.25) is 0 Å². The van der Waals surface area contributed by atoms with E-state index >= 15 is 0 Å². The normalized spacial score (nSPS) is 10.2. The summed E-state index contributed by atoms with van der Waals surface area (Å²) in [6.07, 6.45) is 1.60. The average Bonchev–Trinajstić information content (AvgIpc) is 2.60. The monoisotopic (exact) mass is 326 g/mol. The van der Waals surface area contributed by atoms with Crippen LogP contribution in [-0.2, 0) is 16.0 Å². The van der Waals surface area contributed by atoms with Crippen LogP contribution in [0.5, 0.6) is 5.75 Å². The largest absolute Gasteiger partial charge is 0.494 e. The zero-order valence-corrected chi connectivity index (χ0v) is 13.9. The Labute approximate surface area is 142 Å². The lowest BCUT2D eigenvalue weighted by Gasteiger charge is -2.08.